The molecule has 234 valence electrons. The van der Waals surface area contributed by atoms with Crippen molar-refractivity contribution in [3.8, 4) is 17.2 Å². The fourth-order valence-corrected chi connectivity index (χ4v) is 9.72. The molecule has 0 fully saturated rings. The third-order valence-corrected chi connectivity index (χ3v) is 12.1. The molecule has 0 aliphatic carbocycles. The Hall–Kier alpha value is -5.03. The largest absolute Gasteiger partial charge is 1.00 e. The molecule has 7 heteroatoms. The molecule has 0 aliphatic rings. The van der Waals surface area contributed by atoms with Gasteiger partial charge in [-0.3, -0.25) is 0 Å². The Morgan fingerprint density at radius 2 is 1.00 bits per heavy atom. The summed E-state index contributed by atoms with van der Waals surface area (Å²) in [5, 5.41) is 3.77. The van der Waals surface area contributed by atoms with Crippen LogP contribution in [0.25, 0.3) is 0 Å². The van der Waals surface area contributed by atoms with Gasteiger partial charge >= 0.3 is 11.9 Å². The van der Waals surface area contributed by atoms with Crippen molar-refractivity contribution in [2.75, 3.05) is 7.11 Å². The smallest absolute Gasteiger partial charge is 0.343 e. The molecule has 0 spiro atoms. The van der Waals surface area contributed by atoms with Gasteiger partial charge in [0.15, 0.2) is 11.5 Å². The second-order valence-electron chi connectivity index (χ2n) is 10.6. The van der Waals surface area contributed by atoms with Gasteiger partial charge in [0.25, 0.3) is 0 Å². The summed E-state index contributed by atoms with van der Waals surface area (Å²) in [7, 11) is -0.862. The van der Waals surface area contributed by atoms with Gasteiger partial charge < -0.3 is 31.2 Å². The summed E-state index contributed by atoms with van der Waals surface area (Å²) >= 11 is 0. The number of halogens is 1. The summed E-state index contributed by atoms with van der Waals surface area (Å²) in [6.07, 6.45) is 0.704. The van der Waals surface area contributed by atoms with Crippen molar-refractivity contribution >= 4 is 35.1 Å². The molecule has 0 atom stereocenters. The molecule has 0 N–H and O–H groups in total. The predicted molar refractivity (Wildman–Crippen MR) is 185 cm³/mol. The van der Waals surface area contributed by atoms with E-state index in [2.05, 4.69) is 72.8 Å². The number of esters is 2. The fraction of sp³-hybridized carbons (Fsp3) is 0.0500. The Labute approximate surface area is 285 Å². The highest BCUT2D eigenvalue weighted by Gasteiger charge is 2.45. The molecule has 0 heterocycles. The molecule has 0 amide bonds. The number of methoxy groups -OCH3 is 1. The molecule has 0 radical (unpaired) electrons. The van der Waals surface area contributed by atoms with E-state index in [1.165, 1.54) is 23.0 Å². The monoisotopic (exact) mass is 702 g/mol. The molecular weight excluding hydrogens is 671 g/mol. The molecule has 0 bridgehead atoms. The maximum atomic E-state index is 13.1. The Morgan fingerprint density at radius 3 is 1.49 bits per heavy atom. The summed E-state index contributed by atoms with van der Waals surface area (Å²) in [6, 6.07) is 53.2. The number of ether oxygens (including phenoxy) is 3. The van der Waals surface area contributed by atoms with Gasteiger partial charge in [-0.15, -0.1) is 0 Å². The van der Waals surface area contributed by atoms with Crippen molar-refractivity contribution in [1.29, 1.82) is 0 Å². The van der Waals surface area contributed by atoms with Crippen LogP contribution in [0.15, 0.2) is 164 Å². The van der Waals surface area contributed by atoms with Crippen LogP contribution in [0.5, 0.6) is 17.2 Å². The molecule has 0 saturated heterocycles. The van der Waals surface area contributed by atoms with E-state index in [-0.39, 0.29) is 22.7 Å². The number of rotatable bonds is 10. The van der Waals surface area contributed by atoms with E-state index in [0.29, 0.717) is 28.8 Å². The van der Waals surface area contributed by atoms with E-state index in [0.717, 1.165) is 5.56 Å². The lowest BCUT2D eigenvalue weighted by molar-refractivity contribution is -0.0000359. The van der Waals surface area contributed by atoms with E-state index in [1.54, 1.807) is 54.6 Å². The number of hydrogen-bond acceptors (Lipinski definition) is 5. The number of benzene rings is 6. The molecule has 5 nitrogen and oxygen atoms in total. The first-order valence-electron chi connectivity index (χ1n) is 14.9. The van der Waals surface area contributed by atoms with Crippen LogP contribution in [0.4, 0.5) is 0 Å². The van der Waals surface area contributed by atoms with Crippen LogP contribution >= 0.6 is 7.26 Å². The van der Waals surface area contributed by atoms with E-state index in [9.17, 15) is 9.59 Å². The van der Waals surface area contributed by atoms with Gasteiger partial charge in [-0.05, 0) is 90.5 Å². The maximum Gasteiger partial charge on any atom is 0.343 e. The van der Waals surface area contributed by atoms with Crippen LogP contribution in [0.1, 0.15) is 26.3 Å². The van der Waals surface area contributed by atoms with Crippen molar-refractivity contribution < 1.29 is 40.8 Å². The molecule has 6 rings (SSSR count). The highest BCUT2D eigenvalue weighted by atomic mass is 79.9. The van der Waals surface area contributed by atoms with Crippen molar-refractivity contribution in [2.45, 2.75) is 6.16 Å². The molecule has 0 unspecified atom stereocenters. The van der Waals surface area contributed by atoms with Crippen molar-refractivity contribution in [3.05, 3.63) is 180 Å². The first-order chi connectivity index (χ1) is 22.6. The molecule has 6 aromatic rings. The van der Waals surface area contributed by atoms with Crippen LogP contribution in [0, 0.1) is 0 Å². The molecule has 0 saturated carbocycles. The summed E-state index contributed by atoms with van der Waals surface area (Å²) in [5.74, 6) is 0.239. The number of carbonyl (C=O) groups is 2. The van der Waals surface area contributed by atoms with Crippen molar-refractivity contribution in [2.24, 2.45) is 0 Å². The van der Waals surface area contributed by atoms with E-state index in [4.69, 9.17) is 14.2 Å². The number of carbonyl (C=O) groups excluding carboxylic acids is 2. The lowest BCUT2D eigenvalue weighted by Crippen LogP contribution is -3.00. The van der Waals surface area contributed by atoms with Gasteiger partial charge in [0.1, 0.15) is 28.9 Å². The van der Waals surface area contributed by atoms with Gasteiger partial charge in [-0.25, -0.2) is 9.59 Å². The lowest BCUT2D eigenvalue weighted by Gasteiger charge is -2.28. The minimum Gasteiger partial charge on any atom is -1.00 e. The third kappa shape index (κ3) is 7.52. The van der Waals surface area contributed by atoms with Crippen LogP contribution in [-0.2, 0) is 10.9 Å². The minimum atomic E-state index is -2.20. The average molecular weight is 704 g/mol. The highest BCUT2D eigenvalue weighted by Crippen LogP contribution is 2.58. The third-order valence-electron chi connectivity index (χ3n) is 7.73. The number of hydrogen-bond donors (Lipinski definition) is 0. The Balaban J connectivity index is 0.00000433. The van der Waals surface area contributed by atoms with Gasteiger partial charge in [0, 0.05) is 0 Å². The zero-order valence-electron chi connectivity index (χ0n) is 25.7. The van der Waals surface area contributed by atoms with Crippen molar-refractivity contribution in [1.82, 2.24) is 0 Å². The Morgan fingerprint density at radius 1 is 0.532 bits per heavy atom. The van der Waals surface area contributed by atoms with E-state index >= 15 is 0 Å². The molecule has 6 aromatic carbocycles. The first-order valence-corrected chi connectivity index (χ1v) is 16.9. The zero-order valence-corrected chi connectivity index (χ0v) is 28.1. The Kier molecular flexibility index (Phi) is 11.0. The summed E-state index contributed by atoms with van der Waals surface area (Å²) in [4.78, 5) is 25.1. The fourth-order valence-electron chi connectivity index (χ4n) is 5.49. The first kappa shape index (κ1) is 33.3. The van der Waals surface area contributed by atoms with Gasteiger partial charge in [0.05, 0.1) is 24.4 Å². The van der Waals surface area contributed by atoms with Crippen LogP contribution in [0.3, 0.4) is 0 Å². The SMILES string of the molecule is COC(=O)c1ccc(Oc2cc(C[P+](c3ccccc3)(c3ccccc3)c3ccccc3)ccc2OC(=O)c2ccccc2)cc1.[Br-]. The Bertz CT molecular complexity index is 1820. The minimum absolute atomic E-state index is 0. The summed E-state index contributed by atoms with van der Waals surface area (Å²) < 4.78 is 17.1. The second kappa shape index (κ2) is 15.5. The van der Waals surface area contributed by atoms with Gasteiger partial charge in [-0.2, -0.15) is 0 Å². The molecule has 0 aromatic heterocycles. The standard InChI is InChI=1S/C40H32O5P.BrH/c1-43-39(41)32-23-25-33(26-24-32)44-38-28-30(22-27-37(38)45-40(42)31-14-6-2-7-15-31)29-46(34-16-8-3-9-17-34,35-18-10-4-11-19-35)36-20-12-5-13-21-36;/h2-28H,29H2,1H3;1H/q+1;/p-1. The van der Waals surface area contributed by atoms with E-state index < -0.39 is 19.2 Å². The average Bonchev–Trinajstić information content (AvgIpc) is 3.13. The zero-order chi connectivity index (χ0) is 31.8. The van der Waals surface area contributed by atoms with Crippen LogP contribution in [-0.4, -0.2) is 19.0 Å². The quantitative estimate of drug-likeness (QED) is 0.115. The molecular formula is C40H32BrO5P. The molecule has 0 aliphatic heterocycles. The summed E-state index contributed by atoms with van der Waals surface area (Å²) in [5.41, 5.74) is 1.86. The maximum absolute atomic E-state index is 13.1. The lowest BCUT2D eigenvalue weighted by atomic mass is 10.2. The topological polar surface area (TPSA) is 61.8 Å². The molecule has 47 heavy (non-hydrogen) atoms. The van der Waals surface area contributed by atoms with Crippen LogP contribution in [0.2, 0.25) is 0 Å². The second-order valence-corrected chi connectivity index (χ2v) is 14.1. The van der Waals surface area contributed by atoms with Crippen molar-refractivity contribution in [3.63, 3.8) is 0 Å². The predicted octanol–water partition coefficient (Wildman–Crippen LogP) is 4.98. The normalized spacial score (nSPS) is 10.7. The van der Waals surface area contributed by atoms with Gasteiger partial charge in [-0.1, -0.05) is 78.9 Å². The summed E-state index contributed by atoms with van der Waals surface area (Å²) in [6.45, 7) is 0. The van der Waals surface area contributed by atoms with E-state index in [1.807, 2.05) is 36.4 Å². The van der Waals surface area contributed by atoms with Crippen LogP contribution < -0.4 is 42.4 Å². The van der Waals surface area contributed by atoms with Gasteiger partial charge in [0.2, 0.25) is 0 Å². The highest BCUT2D eigenvalue weighted by molar-refractivity contribution is 7.95.